The lowest BCUT2D eigenvalue weighted by atomic mass is 10.2. The summed E-state index contributed by atoms with van der Waals surface area (Å²) in [6.07, 6.45) is 0. The van der Waals surface area contributed by atoms with Crippen LogP contribution in [0, 0.1) is 0 Å². The number of hydrogen-bond acceptors (Lipinski definition) is 3. The van der Waals surface area contributed by atoms with E-state index in [0.29, 0.717) is 15.9 Å². The molecule has 0 radical (unpaired) electrons. The van der Waals surface area contributed by atoms with Gasteiger partial charge in [-0.1, -0.05) is 23.2 Å². The minimum atomic E-state index is -0.666. The summed E-state index contributed by atoms with van der Waals surface area (Å²) < 4.78 is 4.51. The predicted molar refractivity (Wildman–Crippen MR) is 61.3 cm³/mol. The number of halogens is 2. The van der Waals surface area contributed by atoms with E-state index in [-0.39, 0.29) is 16.5 Å². The number of carbonyl (C=O) groups excluding carboxylic acids is 1. The molecule has 1 heterocycles. The van der Waals surface area contributed by atoms with Crippen molar-refractivity contribution in [1.82, 2.24) is 4.98 Å². The molecule has 4 nitrogen and oxygen atoms in total. The molecule has 16 heavy (non-hydrogen) atoms. The largest absolute Gasteiger partial charge is 0.505 e. The molecule has 84 valence electrons. The highest BCUT2D eigenvalue weighted by Gasteiger charge is 2.19. The molecule has 0 aliphatic rings. The fourth-order valence-corrected chi connectivity index (χ4v) is 2.06. The maximum Gasteiger partial charge on any atom is 0.358 e. The van der Waals surface area contributed by atoms with E-state index >= 15 is 0 Å². The number of hydrogen-bond donors (Lipinski definition) is 2. The Morgan fingerprint density at radius 1 is 1.44 bits per heavy atom. The summed E-state index contributed by atoms with van der Waals surface area (Å²) in [5.74, 6) is -0.899. The Morgan fingerprint density at radius 2 is 2.12 bits per heavy atom. The Kier molecular flexibility index (Phi) is 2.69. The van der Waals surface area contributed by atoms with Crippen LogP contribution in [0.2, 0.25) is 10.0 Å². The first kappa shape index (κ1) is 11.1. The molecular weight excluding hydrogens is 253 g/mol. The van der Waals surface area contributed by atoms with Gasteiger partial charge in [-0.3, -0.25) is 0 Å². The molecule has 0 aliphatic carbocycles. The van der Waals surface area contributed by atoms with Crippen molar-refractivity contribution in [3.8, 4) is 5.75 Å². The minimum absolute atomic E-state index is 0.0401. The van der Waals surface area contributed by atoms with Crippen LogP contribution >= 0.6 is 23.2 Å². The highest BCUT2D eigenvalue weighted by Crippen LogP contribution is 2.36. The summed E-state index contributed by atoms with van der Waals surface area (Å²) in [5, 5.41) is 10.8. The van der Waals surface area contributed by atoms with Crippen molar-refractivity contribution < 1.29 is 14.6 Å². The smallest absolute Gasteiger partial charge is 0.358 e. The highest BCUT2D eigenvalue weighted by molar-refractivity contribution is 6.39. The summed E-state index contributed by atoms with van der Waals surface area (Å²) >= 11 is 11.7. The molecule has 0 aliphatic heterocycles. The first-order chi connectivity index (χ1) is 7.54. The number of rotatable bonds is 1. The van der Waals surface area contributed by atoms with Gasteiger partial charge in [0.15, 0.2) is 11.4 Å². The van der Waals surface area contributed by atoms with Gasteiger partial charge in [0.2, 0.25) is 0 Å². The topological polar surface area (TPSA) is 62.3 Å². The van der Waals surface area contributed by atoms with Gasteiger partial charge in [0, 0.05) is 5.02 Å². The molecule has 1 aromatic carbocycles. The summed E-state index contributed by atoms with van der Waals surface area (Å²) in [7, 11) is 1.22. The number of aromatic hydroxyl groups is 1. The molecule has 1 aromatic heterocycles. The molecule has 0 spiro atoms. The molecule has 0 unspecified atom stereocenters. The van der Waals surface area contributed by atoms with Crippen molar-refractivity contribution >= 4 is 40.1 Å². The van der Waals surface area contributed by atoms with E-state index in [1.165, 1.54) is 13.2 Å². The summed E-state index contributed by atoms with van der Waals surface area (Å²) in [6.45, 7) is 0. The molecule has 0 fully saturated rings. The van der Waals surface area contributed by atoms with Crippen molar-refractivity contribution in [2.24, 2.45) is 0 Å². The maximum absolute atomic E-state index is 11.3. The molecule has 0 atom stereocenters. The fraction of sp³-hybridized carbons (Fsp3) is 0.100. The van der Waals surface area contributed by atoms with Gasteiger partial charge in [-0.25, -0.2) is 4.79 Å². The first-order valence-electron chi connectivity index (χ1n) is 4.32. The van der Waals surface area contributed by atoms with E-state index in [0.717, 1.165) is 0 Å². The number of nitrogens with one attached hydrogen (secondary N) is 1. The number of aromatic nitrogens is 1. The van der Waals surface area contributed by atoms with Gasteiger partial charge in [0.1, 0.15) is 0 Å². The Labute approximate surface area is 101 Å². The zero-order valence-corrected chi connectivity index (χ0v) is 9.69. The third-order valence-electron chi connectivity index (χ3n) is 2.18. The number of carbonyl (C=O) groups is 1. The molecule has 0 saturated carbocycles. The van der Waals surface area contributed by atoms with Crippen LogP contribution in [0.5, 0.6) is 5.75 Å². The van der Waals surface area contributed by atoms with Crippen molar-refractivity contribution in [3.05, 3.63) is 27.9 Å². The third kappa shape index (κ3) is 1.60. The van der Waals surface area contributed by atoms with Crippen LogP contribution in [-0.2, 0) is 4.74 Å². The quantitative estimate of drug-likeness (QED) is 0.775. The van der Waals surface area contributed by atoms with Crippen LogP contribution in [0.4, 0.5) is 0 Å². The molecule has 6 heteroatoms. The van der Waals surface area contributed by atoms with E-state index in [2.05, 4.69) is 9.72 Å². The predicted octanol–water partition coefficient (Wildman–Crippen LogP) is 2.97. The number of esters is 1. The number of ether oxygens (including phenoxy) is 1. The lowest BCUT2D eigenvalue weighted by molar-refractivity contribution is 0.0592. The van der Waals surface area contributed by atoms with Crippen molar-refractivity contribution in [1.29, 1.82) is 0 Å². The number of fused-ring (bicyclic) bond motifs is 1. The monoisotopic (exact) mass is 259 g/mol. The van der Waals surface area contributed by atoms with E-state index in [4.69, 9.17) is 23.2 Å². The second-order valence-corrected chi connectivity index (χ2v) is 3.99. The summed E-state index contributed by atoms with van der Waals surface area (Å²) in [4.78, 5) is 14.0. The molecule has 2 N–H and O–H groups in total. The zero-order chi connectivity index (χ0) is 11.9. The Morgan fingerprint density at radius 3 is 2.75 bits per heavy atom. The first-order valence-corrected chi connectivity index (χ1v) is 5.08. The van der Waals surface area contributed by atoms with E-state index in [1.807, 2.05) is 0 Å². The van der Waals surface area contributed by atoms with Gasteiger partial charge < -0.3 is 14.8 Å². The van der Waals surface area contributed by atoms with Crippen LogP contribution < -0.4 is 0 Å². The molecule has 0 bridgehead atoms. The fourth-order valence-electron chi connectivity index (χ4n) is 1.48. The Bertz CT molecular complexity index is 577. The number of aromatic amines is 1. The number of benzene rings is 1. The Hall–Kier alpha value is -1.39. The van der Waals surface area contributed by atoms with E-state index in [1.54, 1.807) is 6.07 Å². The highest BCUT2D eigenvalue weighted by atomic mass is 35.5. The van der Waals surface area contributed by atoms with E-state index < -0.39 is 5.97 Å². The van der Waals surface area contributed by atoms with Gasteiger partial charge in [0.25, 0.3) is 0 Å². The second-order valence-electron chi connectivity index (χ2n) is 3.15. The standard InChI is InChI=1S/C10H7Cl2NO3/c1-16-10(15)8-9(14)7-5(12)2-4(11)3-6(7)13-8/h2-3,13-14H,1H3. The second kappa shape index (κ2) is 3.88. The number of H-pyrrole nitrogens is 1. The number of methoxy groups -OCH3 is 1. The SMILES string of the molecule is COC(=O)c1[nH]c2cc(Cl)cc(Cl)c2c1O. The third-order valence-corrected chi connectivity index (χ3v) is 2.69. The van der Waals surface area contributed by atoms with Crippen LogP contribution in [-0.4, -0.2) is 23.2 Å². The van der Waals surface area contributed by atoms with Gasteiger partial charge in [0.05, 0.1) is 23.0 Å². The summed E-state index contributed by atoms with van der Waals surface area (Å²) in [6, 6.07) is 3.05. The van der Waals surface area contributed by atoms with Crippen molar-refractivity contribution in [2.45, 2.75) is 0 Å². The molecular formula is C10H7Cl2NO3. The lowest BCUT2D eigenvalue weighted by Gasteiger charge is -1.96. The maximum atomic E-state index is 11.3. The van der Waals surface area contributed by atoms with Crippen LogP contribution in [0.1, 0.15) is 10.5 Å². The molecule has 2 rings (SSSR count). The van der Waals surface area contributed by atoms with Crippen LogP contribution in [0.25, 0.3) is 10.9 Å². The van der Waals surface area contributed by atoms with Crippen LogP contribution in [0.3, 0.4) is 0 Å². The van der Waals surface area contributed by atoms with Gasteiger partial charge in [-0.2, -0.15) is 0 Å². The van der Waals surface area contributed by atoms with Gasteiger partial charge in [-0.05, 0) is 12.1 Å². The van der Waals surface area contributed by atoms with Crippen molar-refractivity contribution in [2.75, 3.05) is 7.11 Å². The lowest BCUT2D eigenvalue weighted by Crippen LogP contribution is -2.01. The average molecular weight is 260 g/mol. The summed E-state index contributed by atoms with van der Waals surface area (Å²) in [5.41, 5.74) is 0.442. The van der Waals surface area contributed by atoms with E-state index in [9.17, 15) is 9.90 Å². The minimum Gasteiger partial charge on any atom is -0.505 e. The van der Waals surface area contributed by atoms with Crippen molar-refractivity contribution in [3.63, 3.8) is 0 Å². The molecule has 2 aromatic rings. The average Bonchev–Trinajstić information content (AvgIpc) is 2.54. The van der Waals surface area contributed by atoms with Gasteiger partial charge >= 0.3 is 5.97 Å². The molecule has 0 amide bonds. The molecule has 0 saturated heterocycles. The van der Waals surface area contributed by atoms with Gasteiger partial charge in [-0.15, -0.1) is 0 Å². The normalized spacial score (nSPS) is 10.7. The zero-order valence-electron chi connectivity index (χ0n) is 8.17. The Balaban J connectivity index is 2.78. The van der Waals surface area contributed by atoms with Crippen LogP contribution in [0.15, 0.2) is 12.1 Å².